The Morgan fingerprint density at radius 2 is 1.76 bits per heavy atom. The Kier molecular flexibility index (Phi) is 5.93. The quantitative estimate of drug-likeness (QED) is 0.534. The third-order valence-electron chi connectivity index (χ3n) is 6.79. The molecular weight excluding hydrogens is 434 g/mol. The number of nitrogens with zero attached hydrogens (tertiary/aromatic N) is 1. The van der Waals surface area contributed by atoms with Gasteiger partial charge < -0.3 is 15.2 Å². The molecule has 8 nitrogen and oxygen atoms in total. The number of aliphatic hydroxyl groups is 1. The minimum absolute atomic E-state index is 0.107. The zero-order valence-electron chi connectivity index (χ0n) is 18.9. The molecular formula is C26H27N3O5. The zero-order chi connectivity index (χ0) is 23.8. The van der Waals surface area contributed by atoms with E-state index in [9.17, 15) is 19.5 Å². The van der Waals surface area contributed by atoms with Gasteiger partial charge in [-0.3, -0.25) is 19.1 Å². The average molecular weight is 462 g/mol. The summed E-state index contributed by atoms with van der Waals surface area (Å²) in [6.45, 7) is 1.93. The molecule has 2 aliphatic rings. The van der Waals surface area contributed by atoms with Crippen LogP contribution in [0.5, 0.6) is 0 Å². The van der Waals surface area contributed by atoms with Crippen LogP contribution in [0.25, 0.3) is 0 Å². The number of carbonyl (C=O) groups excluding carboxylic acids is 1. The second-order valence-electron chi connectivity index (χ2n) is 8.86. The Labute approximate surface area is 196 Å². The average Bonchev–Trinajstić information content (AvgIpc) is 3.21. The molecule has 1 saturated heterocycles. The first-order valence-electron chi connectivity index (χ1n) is 11.6. The van der Waals surface area contributed by atoms with Gasteiger partial charge in [0.2, 0.25) is 5.91 Å². The van der Waals surface area contributed by atoms with Gasteiger partial charge in [-0.05, 0) is 35.1 Å². The molecule has 0 spiro atoms. The fraction of sp³-hybridized carbons (Fsp3) is 0.346. The number of benzene rings is 2. The molecule has 1 aliphatic heterocycles. The number of rotatable bonds is 5. The number of carbonyl (C=O) groups is 1. The standard InChI is InChI=1S/C26H27N3O5/c1-2-15-14-29(26(33)28-24(15)31)22-12-20(30)21(34-22)13-27-25(32)23-18-9-5-3-7-16(18)11-17-8-4-6-10-19(17)23/h3-10,14,20-23,30H,2,11-13H2,1H3,(H,27,32)(H,28,31,33)/t20-,21+,22+/m0/s1. The van der Waals surface area contributed by atoms with Crippen molar-refractivity contribution in [2.24, 2.45) is 0 Å². The fourth-order valence-corrected chi connectivity index (χ4v) is 4.97. The molecule has 3 N–H and O–H groups in total. The van der Waals surface area contributed by atoms with Gasteiger partial charge in [-0.15, -0.1) is 0 Å². The lowest BCUT2D eigenvalue weighted by Gasteiger charge is -2.28. The lowest BCUT2D eigenvalue weighted by atomic mass is 9.77. The first-order valence-corrected chi connectivity index (χ1v) is 11.6. The predicted octanol–water partition coefficient (Wildman–Crippen LogP) is 1.60. The summed E-state index contributed by atoms with van der Waals surface area (Å²) in [6, 6.07) is 15.9. The van der Waals surface area contributed by atoms with E-state index in [-0.39, 0.29) is 18.9 Å². The first kappa shape index (κ1) is 22.3. The number of aliphatic hydroxyl groups excluding tert-OH is 1. The highest BCUT2D eigenvalue weighted by molar-refractivity contribution is 5.88. The highest BCUT2D eigenvalue weighted by atomic mass is 16.5. The van der Waals surface area contributed by atoms with Crippen molar-refractivity contribution in [3.8, 4) is 0 Å². The highest BCUT2D eigenvalue weighted by Gasteiger charge is 2.37. The van der Waals surface area contributed by atoms with E-state index in [1.807, 2.05) is 55.5 Å². The van der Waals surface area contributed by atoms with Gasteiger partial charge in [0.05, 0.1) is 12.0 Å². The van der Waals surface area contributed by atoms with E-state index in [1.165, 1.54) is 10.8 Å². The molecule has 34 heavy (non-hydrogen) atoms. The van der Waals surface area contributed by atoms with E-state index in [1.54, 1.807) is 0 Å². The Morgan fingerprint density at radius 3 is 2.41 bits per heavy atom. The summed E-state index contributed by atoms with van der Waals surface area (Å²) >= 11 is 0. The predicted molar refractivity (Wildman–Crippen MR) is 126 cm³/mol. The van der Waals surface area contributed by atoms with Gasteiger partial charge in [0, 0.05) is 24.7 Å². The van der Waals surface area contributed by atoms with E-state index in [2.05, 4.69) is 10.3 Å². The van der Waals surface area contributed by atoms with E-state index in [0.717, 1.165) is 28.7 Å². The van der Waals surface area contributed by atoms with Gasteiger partial charge in [0.25, 0.3) is 5.56 Å². The molecule has 3 aromatic rings. The molecule has 176 valence electrons. The smallest absolute Gasteiger partial charge is 0.330 e. The molecule has 0 unspecified atom stereocenters. The van der Waals surface area contributed by atoms with Crippen molar-refractivity contribution in [1.82, 2.24) is 14.9 Å². The molecule has 8 heteroatoms. The van der Waals surface area contributed by atoms with Gasteiger partial charge in [-0.2, -0.15) is 0 Å². The van der Waals surface area contributed by atoms with Crippen molar-refractivity contribution < 1.29 is 14.6 Å². The molecule has 1 fully saturated rings. The molecule has 0 saturated carbocycles. The molecule has 1 amide bonds. The third-order valence-corrected chi connectivity index (χ3v) is 6.79. The lowest BCUT2D eigenvalue weighted by molar-refractivity contribution is -0.122. The van der Waals surface area contributed by atoms with Crippen LogP contribution in [0.15, 0.2) is 64.3 Å². The number of aromatic nitrogens is 2. The van der Waals surface area contributed by atoms with E-state index in [0.29, 0.717) is 12.0 Å². The van der Waals surface area contributed by atoms with Gasteiger partial charge in [-0.1, -0.05) is 55.5 Å². The summed E-state index contributed by atoms with van der Waals surface area (Å²) in [5.74, 6) is -0.599. The lowest BCUT2D eigenvalue weighted by Crippen LogP contribution is -2.40. The van der Waals surface area contributed by atoms with Gasteiger partial charge in [0.15, 0.2) is 0 Å². The number of amides is 1. The maximum atomic E-state index is 13.4. The summed E-state index contributed by atoms with van der Waals surface area (Å²) in [5.41, 5.74) is 3.68. The molecule has 2 heterocycles. The number of nitrogens with one attached hydrogen (secondary N) is 2. The van der Waals surface area contributed by atoms with Crippen molar-refractivity contribution in [3.63, 3.8) is 0 Å². The molecule has 0 radical (unpaired) electrons. The number of aromatic amines is 1. The molecule has 2 aromatic carbocycles. The maximum Gasteiger partial charge on any atom is 0.330 e. The molecule has 1 aliphatic carbocycles. The minimum atomic E-state index is -0.861. The Bertz CT molecular complexity index is 1300. The van der Waals surface area contributed by atoms with E-state index in [4.69, 9.17) is 4.74 Å². The van der Waals surface area contributed by atoms with Crippen LogP contribution in [0, 0.1) is 0 Å². The summed E-state index contributed by atoms with van der Waals surface area (Å²) in [7, 11) is 0. The number of ether oxygens (including phenoxy) is 1. The second-order valence-corrected chi connectivity index (χ2v) is 8.86. The molecule has 0 bridgehead atoms. The topological polar surface area (TPSA) is 113 Å². The first-order chi connectivity index (χ1) is 16.5. The molecule has 3 atom stereocenters. The Morgan fingerprint density at radius 1 is 1.12 bits per heavy atom. The van der Waals surface area contributed by atoms with Crippen LogP contribution < -0.4 is 16.6 Å². The van der Waals surface area contributed by atoms with Gasteiger partial charge >= 0.3 is 5.69 Å². The Balaban J connectivity index is 1.33. The summed E-state index contributed by atoms with van der Waals surface area (Å²) in [4.78, 5) is 39.8. The zero-order valence-corrected chi connectivity index (χ0v) is 18.9. The fourth-order valence-electron chi connectivity index (χ4n) is 4.97. The summed E-state index contributed by atoms with van der Waals surface area (Å²) in [5, 5.41) is 13.5. The Hall–Kier alpha value is -3.49. The number of hydrogen-bond acceptors (Lipinski definition) is 5. The van der Waals surface area contributed by atoms with Gasteiger partial charge in [0.1, 0.15) is 12.3 Å². The molecule has 1 aromatic heterocycles. The van der Waals surface area contributed by atoms with Crippen LogP contribution in [0.1, 0.15) is 53.3 Å². The number of aryl methyl sites for hydroxylation is 1. The second kappa shape index (κ2) is 9.04. The highest BCUT2D eigenvalue weighted by Crippen LogP contribution is 2.36. The van der Waals surface area contributed by atoms with Crippen molar-refractivity contribution >= 4 is 5.91 Å². The SMILES string of the molecule is CCc1cn([C@H]2C[C@H](O)[C@@H](CNC(=O)C3c4ccccc4Cc4ccccc43)O2)c(=O)[nH]c1=O. The van der Waals surface area contributed by atoms with Crippen LogP contribution in [0.3, 0.4) is 0 Å². The van der Waals surface area contributed by atoms with Crippen molar-refractivity contribution in [3.05, 3.63) is 103 Å². The van der Waals surface area contributed by atoms with Crippen LogP contribution in [-0.4, -0.2) is 39.3 Å². The summed E-state index contributed by atoms with van der Waals surface area (Å²) < 4.78 is 7.24. The van der Waals surface area contributed by atoms with Gasteiger partial charge in [-0.25, -0.2) is 4.79 Å². The molecule has 5 rings (SSSR count). The van der Waals surface area contributed by atoms with E-state index < -0.39 is 35.6 Å². The van der Waals surface area contributed by atoms with Crippen molar-refractivity contribution in [2.45, 2.75) is 50.5 Å². The minimum Gasteiger partial charge on any atom is -0.390 e. The monoisotopic (exact) mass is 461 g/mol. The number of hydrogen-bond donors (Lipinski definition) is 3. The van der Waals surface area contributed by atoms with Crippen molar-refractivity contribution in [2.75, 3.05) is 6.54 Å². The van der Waals surface area contributed by atoms with Crippen LogP contribution in [0.4, 0.5) is 0 Å². The van der Waals surface area contributed by atoms with E-state index >= 15 is 0 Å². The van der Waals surface area contributed by atoms with Crippen LogP contribution >= 0.6 is 0 Å². The van der Waals surface area contributed by atoms with Crippen LogP contribution in [-0.2, 0) is 22.4 Å². The van der Waals surface area contributed by atoms with Crippen LogP contribution in [0.2, 0.25) is 0 Å². The third kappa shape index (κ3) is 3.99. The summed E-state index contributed by atoms with van der Waals surface area (Å²) in [6.07, 6.45) is 0.667. The number of fused-ring (bicyclic) bond motifs is 2. The normalized spacial score (nSPS) is 21.6. The largest absolute Gasteiger partial charge is 0.390 e. The number of H-pyrrole nitrogens is 1. The van der Waals surface area contributed by atoms with Crippen molar-refractivity contribution in [1.29, 1.82) is 0 Å². The maximum absolute atomic E-state index is 13.4.